The minimum Gasteiger partial charge on any atom is -0.338 e. The van der Waals surface area contributed by atoms with Crippen LogP contribution in [0.3, 0.4) is 0 Å². The summed E-state index contributed by atoms with van der Waals surface area (Å²) in [5, 5.41) is 8.15. The lowest BCUT2D eigenvalue weighted by molar-refractivity contribution is 0.0581. The van der Waals surface area contributed by atoms with Gasteiger partial charge in [0.05, 0.1) is 6.04 Å². The summed E-state index contributed by atoms with van der Waals surface area (Å²) in [5.41, 5.74) is 0.912. The van der Waals surface area contributed by atoms with Crippen LogP contribution in [0.15, 0.2) is 16.8 Å². The van der Waals surface area contributed by atoms with E-state index >= 15 is 0 Å². The number of piperidine rings is 1. The van der Waals surface area contributed by atoms with Gasteiger partial charge in [0.15, 0.2) is 5.82 Å². The summed E-state index contributed by atoms with van der Waals surface area (Å²) in [6.45, 7) is 7.15. The lowest BCUT2D eigenvalue weighted by Crippen LogP contribution is -2.44. The molecule has 0 radical (unpaired) electrons. The van der Waals surface area contributed by atoms with Gasteiger partial charge in [0.25, 0.3) is 5.91 Å². The second-order valence-electron chi connectivity index (χ2n) is 7.64. The summed E-state index contributed by atoms with van der Waals surface area (Å²) in [4.78, 5) is 21.5. The van der Waals surface area contributed by atoms with Crippen molar-refractivity contribution in [1.82, 2.24) is 29.7 Å². The number of carbonyl (C=O) groups excluding carboxylic acids is 1. The topological polar surface area (TPSA) is 80.3 Å². The Balaban J connectivity index is 1.43. The fourth-order valence-corrected chi connectivity index (χ4v) is 4.47. The smallest absolute Gasteiger partial charge is 0.272 e. The molecule has 0 aliphatic carbocycles. The quantitative estimate of drug-likeness (QED) is 0.834. The monoisotopic (exact) mass is 358 g/mol. The summed E-state index contributed by atoms with van der Waals surface area (Å²) in [6, 6.07) is 1.99. The van der Waals surface area contributed by atoms with Gasteiger partial charge in [-0.3, -0.25) is 14.4 Å². The highest BCUT2D eigenvalue weighted by atomic mass is 16.5. The van der Waals surface area contributed by atoms with Crippen LogP contribution in [-0.4, -0.2) is 62.3 Å². The molecular formula is C18H26N6O2. The van der Waals surface area contributed by atoms with Crippen molar-refractivity contribution in [3.63, 3.8) is 0 Å². The van der Waals surface area contributed by atoms with Crippen molar-refractivity contribution in [2.45, 2.75) is 45.7 Å². The molecule has 26 heavy (non-hydrogen) atoms. The van der Waals surface area contributed by atoms with Crippen LogP contribution < -0.4 is 0 Å². The molecule has 2 fully saturated rings. The van der Waals surface area contributed by atoms with Gasteiger partial charge in [-0.1, -0.05) is 5.16 Å². The number of aryl methyl sites for hydroxylation is 2. The predicted octanol–water partition coefficient (Wildman–Crippen LogP) is 1.89. The summed E-state index contributed by atoms with van der Waals surface area (Å²) in [5.74, 6) is 1.49. The first kappa shape index (κ1) is 17.2. The molecule has 2 aliphatic heterocycles. The Hall–Kier alpha value is -2.22. The van der Waals surface area contributed by atoms with Crippen LogP contribution in [-0.2, 0) is 6.54 Å². The Labute approximate surface area is 153 Å². The van der Waals surface area contributed by atoms with Crippen LogP contribution in [0.25, 0.3) is 0 Å². The number of aromatic nitrogens is 4. The molecule has 8 heteroatoms. The third-order valence-corrected chi connectivity index (χ3v) is 5.92. The second kappa shape index (κ2) is 6.50. The van der Waals surface area contributed by atoms with E-state index in [1.54, 1.807) is 10.9 Å². The van der Waals surface area contributed by atoms with Crippen molar-refractivity contribution < 1.29 is 9.32 Å². The zero-order chi connectivity index (χ0) is 18.3. The highest BCUT2D eigenvalue weighted by molar-refractivity contribution is 5.92. The molecule has 4 heterocycles. The van der Waals surface area contributed by atoms with Gasteiger partial charge in [0.2, 0.25) is 5.89 Å². The Morgan fingerprint density at radius 3 is 2.81 bits per heavy atom. The lowest BCUT2D eigenvalue weighted by atomic mass is 9.76. The fourth-order valence-electron chi connectivity index (χ4n) is 4.47. The molecule has 2 aromatic rings. The second-order valence-corrected chi connectivity index (χ2v) is 7.64. The highest BCUT2D eigenvalue weighted by Gasteiger charge is 2.47. The van der Waals surface area contributed by atoms with E-state index in [0.29, 0.717) is 24.0 Å². The van der Waals surface area contributed by atoms with Gasteiger partial charge in [-0.05, 0) is 51.6 Å². The molecule has 4 rings (SSSR count). The molecule has 0 aromatic carbocycles. The van der Waals surface area contributed by atoms with Crippen molar-refractivity contribution in [3.8, 4) is 0 Å². The minimum absolute atomic E-state index is 0.0922. The number of hydrogen-bond donors (Lipinski definition) is 0. The van der Waals surface area contributed by atoms with E-state index in [9.17, 15) is 4.79 Å². The number of carbonyl (C=O) groups is 1. The van der Waals surface area contributed by atoms with Crippen molar-refractivity contribution in [2.24, 2.45) is 5.41 Å². The van der Waals surface area contributed by atoms with Crippen LogP contribution in [0.1, 0.15) is 54.4 Å². The normalized spacial score (nSPS) is 23.0. The van der Waals surface area contributed by atoms with Gasteiger partial charge in [0.1, 0.15) is 5.69 Å². The Morgan fingerprint density at radius 1 is 1.38 bits per heavy atom. The van der Waals surface area contributed by atoms with Crippen molar-refractivity contribution in [3.05, 3.63) is 29.7 Å². The van der Waals surface area contributed by atoms with Crippen LogP contribution in [0, 0.1) is 12.3 Å². The maximum atomic E-state index is 12.8. The predicted molar refractivity (Wildman–Crippen MR) is 94.5 cm³/mol. The maximum absolute atomic E-state index is 12.8. The maximum Gasteiger partial charge on any atom is 0.272 e. The molecular weight excluding hydrogens is 332 g/mol. The van der Waals surface area contributed by atoms with E-state index in [1.807, 2.05) is 24.8 Å². The molecule has 8 nitrogen and oxygen atoms in total. The minimum atomic E-state index is 0.0922. The number of hydrogen-bond acceptors (Lipinski definition) is 6. The SMILES string of the molecule is CCn1nccc1C(=O)N1CCC2(CC1)CC(c1nc(C)no1)N(C)C2. The zero-order valence-electron chi connectivity index (χ0n) is 15.7. The average molecular weight is 358 g/mol. The molecule has 1 atom stereocenters. The van der Waals surface area contributed by atoms with Gasteiger partial charge in [-0.25, -0.2) is 0 Å². The third kappa shape index (κ3) is 2.92. The molecule has 2 saturated heterocycles. The van der Waals surface area contributed by atoms with E-state index in [1.165, 1.54) is 0 Å². The molecule has 0 N–H and O–H groups in total. The van der Waals surface area contributed by atoms with E-state index in [2.05, 4.69) is 27.2 Å². The summed E-state index contributed by atoms with van der Waals surface area (Å²) in [7, 11) is 2.12. The van der Waals surface area contributed by atoms with Crippen LogP contribution in [0.2, 0.25) is 0 Å². The van der Waals surface area contributed by atoms with Crippen LogP contribution in [0.5, 0.6) is 0 Å². The third-order valence-electron chi connectivity index (χ3n) is 5.92. The molecule has 1 spiro atoms. The highest BCUT2D eigenvalue weighted by Crippen LogP contribution is 2.48. The number of likely N-dealkylation sites (tertiary alicyclic amines) is 2. The number of rotatable bonds is 3. The first-order valence-corrected chi connectivity index (χ1v) is 9.33. The first-order chi connectivity index (χ1) is 12.5. The van der Waals surface area contributed by atoms with E-state index in [4.69, 9.17) is 4.52 Å². The molecule has 0 bridgehead atoms. The van der Waals surface area contributed by atoms with E-state index < -0.39 is 0 Å². The van der Waals surface area contributed by atoms with Crippen molar-refractivity contribution in [2.75, 3.05) is 26.7 Å². The van der Waals surface area contributed by atoms with E-state index in [0.717, 1.165) is 38.9 Å². The largest absolute Gasteiger partial charge is 0.338 e. The average Bonchev–Trinajstić information content (AvgIpc) is 3.34. The summed E-state index contributed by atoms with van der Waals surface area (Å²) in [6.07, 6.45) is 4.73. The number of amides is 1. The Kier molecular flexibility index (Phi) is 4.30. The van der Waals surface area contributed by atoms with Crippen LogP contribution >= 0.6 is 0 Å². The molecule has 0 saturated carbocycles. The summed E-state index contributed by atoms with van der Waals surface area (Å²) < 4.78 is 7.18. The standard InChI is InChI=1S/C18H26N6O2/c1-4-24-14(5-8-19-24)17(25)23-9-6-18(7-10-23)11-15(22(3)12-18)16-20-13(2)21-26-16/h5,8,15H,4,6-7,9-12H2,1-3H3. The fraction of sp³-hybridized carbons (Fsp3) is 0.667. The zero-order valence-corrected chi connectivity index (χ0v) is 15.7. The molecule has 2 aromatic heterocycles. The molecule has 140 valence electrons. The van der Waals surface area contributed by atoms with Crippen LogP contribution in [0.4, 0.5) is 0 Å². The lowest BCUT2D eigenvalue weighted by Gasteiger charge is -2.39. The van der Waals surface area contributed by atoms with Gasteiger partial charge in [-0.15, -0.1) is 0 Å². The van der Waals surface area contributed by atoms with Gasteiger partial charge >= 0.3 is 0 Å². The number of nitrogens with zero attached hydrogens (tertiary/aromatic N) is 6. The molecule has 1 amide bonds. The van der Waals surface area contributed by atoms with Crippen molar-refractivity contribution >= 4 is 5.91 Å². The molecule has 1 unspecified atom stereocenters. The van der Waals surface area contributed by atoms with Gasteiger partial charge in [0, 0.05) is 32.4 Å². The van der Waals surface area contributed by atoms with Gasteiger partial charge < -0.3 is 9.42 Å². The Morgan fingerprint density at radius 2 is 2.15 bits per heavy atom. The first-order valence-electron chi connectivity index (χ1n) is 9.33. The molecule has 2 aliphatic rings. The van der Waals surface area contributed by atoms with Crippen molar-refractivity contribution in [1.29, 1.82) is 0 Å². The van der Waals surface area contributed by atoms with Gasteiger partial charge in [-0.2, -0.15) is 10.1 Å². The van der Waals surface area contributed by atoms with E-state index in [-0.39, 0.29) is 17.4 Å². The summed E-state index contributed by atoms with van der Waals surface area (Å²) >= 11 is 0. The Bertz CT molecular complexity index is 789.